The molecule has 31 heavy (non-hydrogen) atoms. The highest BCUT2D eigenvalue weighted by Crippen LogP contribution is 2.12. The Morgan fingerprint density at radius 1 is 0.968 bits per heavy atom. The molecule has 0 aliphatic heterocycles. The lowest BCUT2D eigenvalue weighted by Gasteiger charge is -2.04. The molecule has 0 unspecified atom stereocenters. The van der Waals surface area contributed by atoms with Gasteiger partial charge in [-0.1, -0.05) is 30.3 Å². The van der Waals surface area contributed by atoms with Gasteiger partial charge in [-0.3, -0.25) is 9.59 Å². The molecule has 0 atom stereocenters. The van der Waals surface area contributed by atoms with E-state index in [-0.39, 0.29) is 22.9 Å². The SMILES string of the molecule is O=C(N/N=C/c1ccc(CNS(=O)(=O)c2ccccc2)o1)C(=O)Nc1ccccc1F. The van der Waals surface area contributed by atoms with Crippen LogP contribution < -0.4 is 15.5 Å². The Bertz CT molecular complexity index is 1210. The van der Waals surface area contributed by atoms with Crippen LogP contribution in [-0.2, 0) is 26.2 Å². The number of halogens is 1. The molecule has 2 aromatic carbocycles. The van der Waals surface area contributed by atoms with Gasteiger partial charge >= 0.3 is 11.8 Å². The smallest absolute Gasteiger partial charge is 0.329 e. The van der Waals surface area contributed by atoms with E-state index in [1.165, 1.54) is 42.5 Å². The van der Waals surface area contributed by atoms with Gasteiger partial charge in [-0.2, -0.15) is 5.10 Å². The third-order valence-corrected chi connectivity index (χ3v) is 5.28. The molecule has 1 heterocycles. The number of hydrazone groups is 1. The molecule has 0 aliphatic rings. The standard InChI is InChI=1S/C20H17FN4O5S/c21-17-8-4-5-9-18(17)24-19(26)20(27)25-22-12-14-10-11-15(30-14)13-23-31(28,29)16-6-2-1-3-7-16/h1-12,23H,13H2,(H,24,26)(H,25,27)/b22-12+. The normalized spacial score (nSPS) is 11.4. The molecule has 0 fully saturated rings. The second-order valence-corrected chi connectivity index (χ2v) is 7.84. The lowest BCUT2D eigenvalue weighted by atomic mass is 10.3. The predicted molar refractivity (Wildman–Crippen MR) is 110 cm³/mol. The largest absolute Gasteiger partial charge is 0.459 e. The Morgan fingerprint density at radius 2 is 1.68 bits per heavy atom. The average Bonchev–Trinajstić information content (AvgIpc) is 3.22. The zero-order valence-electron chi connectivity index (χ0n) is 15.9. The van der Waals surface area contributed by atoms with Gasteiger partial charge < -0.3 is 9.73 Å². The molecule has 11 heteroatoms. The lowest BCUT2D eigenvalue weighted by molar-refractivity contribution is -0.136. The average molecular weight is 444 g/mol. The van der Waals surface area contributed by atoms with E-state index in [1.807, 2.05) is 5.43 Å². The first kappa shape index (κ1) is 21.9. The number of para-hydroxylation sites is 1. The first-order valence-corrected chi connectivity index (χ1v) is 10.4. The monoisotopic (exact) mass is 444 g/mol. The van der Waals surface area contributed by atoms with Crippen LogP contribution >= 0.6 is 0 Å². The van der Waals surface area contributed by atoms with Crippen LogP contribution in [0.5, 0.6) is 0 Å². The molecule has 2 amide bonds. The summed E-state index contributed by atoms with van der Waals surface area (Å²) >= 11 is 0. The fourth-order valence-electron chi connectivity index (χ4n) is 2.35. The number of hydrogen-bond donors (Lipinski definition) is 3. The van der Waals surface area contributed by atoms with Crippen LogP contribution in [0.25, 0.3) is 0 Å². The van der Waals surface area contributed by atoms with E-state index in [4.69, 9.17) is 4.42 Å². The van der Waals surface area contributed by atoms with Crippen molar-refractivity contribution in [3.05, 3.63) is 84.1 Å². The summed E-state index contributed by atoms with van der Waals surface area (Å²) in [5.74, 6) is -2.37. The van der Waals surface area contributed by atoms with E-state index in [2.05, 4.69) is 15.1 Å². The molecule has 3 rings (SSSR count). The van der Waals surface area contributed by atoms with Crippen molar-refractivity contribution in [3.63, 3.8) is 0 Å². The Kier molecular flexibility index (Phi) is 6.90. The summed E-state index contributed by atoms with van der Waals surface area (Å²) in [6.45, 7) is -0.0948. The number of carbonyl (C=O) groups excluding carboxylic acids is 2. The molecule has 0 bridgehead atoms. The topological polar surface area (TPSA) is 130 Å². The van der Waals surface area contributed by atoms with Crippen molar-refractivity contribution in [1.29, 1.82) is 0 Å². The summed E-state index contributed by atoms with van der Waals surface area (Å²) in [4.78, 5) is 23.6. The molecule has 0 saturated heterocycles. The minimum absolute atomic E-state index is 0.0948. The van der Waals surface area contributed by atoms with Gasteiger partial charge in [0.25, 0.3) is 0 Å². The summed E-state index contributed by atoms with van der Waals surface area (Å²) in [5.41, 5.74) is 1.84. The molecule has 0 spiro atoms. The number of anilines is 1. The van der Waals surface area contributed by atoms with Crippen molar-refractivity contribution >= 4 is 33.7 Å². The Hall–Kier alpha value is -3.83. The summed E-state index contributed by atoms with van der Waals surface area (Å²) in [7, 11) is -3.69. The Labute approximate surface area is 177 Å². The molecule has 0 saturated carbocycles. The first-order valence-electron chi connectivity index (χ1n) is 8.87. The van der Waals surface area contributed by atoms with Gasteiger partial charge in [-0.25, -0.2) is 23.0 Å². The lowest BCUT2D eigenvalue weighted by Crippen LogP contribution is -2.32. The Morgan fingerprint density at radius 3 is 2.42 bits per heavy atom. The maximum absolute atomic E-state index is 13.5. The summed E-state index contributed by atoms with van der Waals surface area (Å²) in [6.07, 6.45) is 1.13. The molecule has 0 radical (unpaired) electrons. The first-order chi connectivity index (χ1) is 14.8. The molecule has 160 valence electrons. The quantitative estimate of drug-likeness (QED) is 0.292. The highest BCUT2D eigenvalue weighted by atomic mass is 32.2. The second-order valence-electron chi connectivity index (χ2n) is 6.07. The number of amides is 2. The summed E-state index contributed by atoms with van der Waals surface area (Å²) in [5, 5.41) is 5.70. The summed E-state index contributed by atoms with van der Waals surface area (Å²) < 4.78 is 45.7. The minimum atomic E-state index is -3.69. The number of carbonyl (C=O) groups is 2. The zero-order chi connectivity index (χ0) is 22.3. The number of nitrogens with one attached hydrogen (secondary N) is 3. The van der Waals surface area contributed by atoms with Crippen LogP contribution in [0.3, 0.4) is 0 Å². The van der Waals surface area contributed by atoms with E-state index < -0.39 is 27.7 Å². The van der Waals surface area contributed by atoms with E-state index in [0.29, 0.717) is 5.76 Å². The fourth-order valence-corrected chi connectivity index (χ4v) is 3.37. The third-order valence-electron chi connectivity index (χ3n) is 3.86. The van der Waals surface area contributed by atoms with Gasteiger partial charge in [0, 0.05) is 0 Å². The fraction of sp³-hybridized carbons (Fsp3) is 0.0500. The molecule has 0 aliphatic carbocycles. The molecule has 1 aromatic heterocycles. The number of hydrogen-bond acceptors (Lipinski definition) is 6. The van der Waals surface area contributed by atoms with Crippen LogP contribution in [-0.4, -0.2) is 26.4 Å². The Balaban J connectivity index is 1.50. The molecule has 9 nitrogen and oxygen atoms in total. The van der Waals surface area contributed by atoms with Crippen molar-refractivity contribution in [2.45, 2.75) is 11.4 Å². The maximum Gasteiger partial charge on any atom is 0.329 e. The molecule has 3 aromatic rings. The number of benzene rings is 2. The second kappa shape index (κ2) is 9.78. The highest BCUT2D eigenvalue weighted by Gasteiger charge is 2.15. The number of nitrogens with zero attached hydrogens (tertiary/aromatic N) is 1. The van der Waals surface area contributed by atoms with Crippen LogP contribution in [0.1, 0.15) is 11.5 Å². The van der Waals surface area contributed by atoms with Gasteiger partial charge in [0.15, 0.2) is 0 Å². The number of furan rings is 1. The van der Waals surface area contributed by atoms with E-state index in [9.17, 15) is 22.4 Å². The van der Waals surface area contributed by atoms with Crippen molar-refractivity contribution in [2.75, 3.05) is 5.32 Å². The van der Waals surface area contributed by atoms with E-state index >= 15 is 0 Å². The van der Waals surface area contributed by atoms with Gasteiger partial charge in [-0.15, -0.1) is 0 Å². The van der Waals surface area contributed by atoms with Crippen LogP contribution in [0, 0.1) is 5.82 Å². The van der Waals surface area contributed by atoms with Crippen molar-refractivity contribution in [2.24, 2.45) is 5.10 Å². The number of rotatable bonds is 7. The van der Waals surface area contributed by atoms with Crippen LogP contribution in [0.2, 0.25) is 0 Å². The van der Waals surface area contributed by atoms with Gasteiger partial charge in [0.2, 0.25) is 10.0 Å². The summed E-state index contributed by atoms with van der Waals surface area (Å²) in [6, 6.07) is 16.3. The number of sulfonamides is 1. The third kappa shape index (κ3) is 6.07. The van der Waals surface area contributed by atoms with Crippen molar-refractivity contribution in [3.8, 4) is 0 Å². The molecular formula is C20H17FN4O5S. The van der Waals surface area contributed by atoms with Crippen molar-refractivity contribution < 1.29 is 26.8 Å². The van der Waals surface area contributed by atoms with Crippen LogP contribution in [0.15, 0.2) is 81.1 Å². The van der Waals surface area contributed by atoms with Gasteiger partial charge in [0.05, 0.1) is 23.3 Å². The van der Waals surface area contributed by atoms with Crippen molar-refractivity contribution in [1.82, 2.24) is 10.1 Å². The van der Waals surface area contributed by atoms with Gasteiger partial charge in [0.1, 0.15) is 17.3 Å². The maximum atomic E-state index is 13.5. The zero-order valence-corrected chi connectivity index (χ0v) is 16.7. The van der Waals surface area contributed by atoms with Crippen LogP contribution in [0.4, 0.5) is 10.1 Å². The minimum Gasteiger partial charge on any atom is -0.459 e. The highest BCUT2D eigenvalue weighted by molar-refractivity contribution is 7.89. The van der Waals surface area contributed by atoms with Gasteiger partial charge in [-0.05, 0) is 36.4 Å². The molecule has 3 N–H and O–H groups in total. The molecular weight excluding hydrogens is 427 g/mol. The van der Waals surface area contributed by atoms with E-state index in [1.54, 1.807) is 18.2 Å². The van der Waals surface area contributed by atoms with E-state index in [0.717, 1.165) is 12.3 Å². The predicted octanol–water partition coefficient (Wildman–Crippen LogP) is 1.99.